The molecule has 2 aromatic rings. The Hall–Kier alpha value is -2.63. The Morgan fingerprint density at radius 3 is 2.50 bits per heavy atom. The zero-order valence-corrected chi connectivity index (χ0v) is 14.1. The fourth-order valence-corrected chi connectivity index (χ4v) is 2.73. The number of Topliss-reactive ketones (excluding diaryl/α,β-unsaturated/α-hetero) is 1. The molecule has 2 rings (SSSR count). The number of aromatic nitrogens is 1. The Morgan fingerprint density at radius 2 is 1.96 bits per heavy atom. The van der Waals surface area contributed by atoms with Crippen LogP contribution in [0.15, 0.2) is 30.3 Å². The Kier molecular flexibility index (Phi) is 6.18. The van der Waals surface area contributed by atoms with Gasteiger partial charge in [-0.05, 0) is 50.1 Å². The van der Waals surface area contributed by atoms with E-state index in [1.54, 1.807) is 41.8 Å². The number of nitriles is 1. The Labute approximate surface area is 148 Å². The van der Waals surface area contributed by atoms with Crippen molar-refractivity contribution in [2.75, 3.05) is 13.2 Å². The van der Waals surface area contributed by atoms with E-state index in [1.165, 1.54) is 0 Å². The summed E-state index contributed by atoms with van der Waals surface area (Å²) >= 11 is 0. The van der Waals surface area contributed by atoms with Gasteiger partial charge in [-0.2, -0.15) is 5.26 Å². The van der Waals surface area contributed by atoms with Crippen molar-refractivity contribution in [1.29, 1.82) is 5.26 Å². The van der Waals surface area contributed by atoms with Crippen LogP contribution in [0.4, 0.5) is 13.2 Å². The van der Waals surface area contributed by atoms with Crippen molar-refractivity contribution in [3.8, 4) is 11.8 Å². The van der Waals surface area contributed by atoms with E-state index in [-0.39, 0.29) is 25.2 Å². The molecule has 26 heavy (non-hydrogen) atoms. The summed E-state index contributed by atoms with van der Waals surface area (Å²) in [7, 11) is 0. The summed E-state index contributed by atoms with van der Waals surface area (Å²) in [5.74, 6) is -0.248. The Balaban J connectivity index is 2.32. The van der Waals surface area contributed by atoms with Crippen LogP contribution in [0.2, 0.25) is 0 Å². The second-order valence-corrected chi connectivity index (χ2v) is 5.65. The van der Waals surface area contributed by atoms with Crippen molar-refractivity contribution in [2.45, 2.75) is 26.1 Å². The second-order valence-electron chi connectivity index (χ2n) is 5.65. The molecule has 0 aliphatic heterocycles. The van der Waals surface area contributed by atoms with Gasteiger partial charge in [0.1, 0.15) is 0 Å². The van der Waals surface area contributed by atoms with Crippen LogP contribution in [0.1, 0.15) is 33.7 Å². The molecule has 0 saturated heterocycles. The maximum Gasteiger partial charge on any atom is 0.522 e. The molecule has 1 aromatic heterocycles. The molecule has 1 heterocycles. The van der Waals surface area contributed by atoms with Crippen LogP contribution in [0.5, 0.6) is 0 Å². The van der Waals surface area contributed by atoms with E-state index in [0.717, 1.165) is 0 Å². The number of nitrogens with zero attached hydrogens (tertiary/aromatic N) is 2. The molecule has 138 valence electrons. The molecule has 0 aliphatic rings. The van der Waals surface area contributed by atoms with Crippen molar-refractivity contribution >= 4 is 5.78 Å². The number of halogens is 3. The van der Waals surface area contributed by atoms with Gasteiger partial charge in [0.2, 0.25) is 0 Å². The molecule has 2 N–H and O–H groups in total. The third kappa shape index (κ3) is 4.71. The average molecular weight is 365 g/mol. The van der Waals surface area contributed by atoms with Crippen LogP contribution in [-0.4, -0.2) is 29.9 Å². The van der Waals surface area contributed by atoms with E-state index in [9.17, 15) is 18.0 Å². The van der Waals surface area contributed by atoms with Crippen LogP contribution in [-0.2, 0) is 11.2 Å². The van der Waals surface area contributed by atoms with Gasteiger partial charge in [0.05, 0.1) is 24.8 Å². The number of hydrogen-bond acceptors (Lipinski definition) is 4. The van der Waals surface area contributed by atoms with Crippen LogP contribution < -0.4 is 5.73 Å². The van der Waals surface area contributed by atoms with E-state index in [1.807, 2.05) is 6.07 Å². The van der Waals surface area contributed by atoms with Crippen LogP contribution in [0.25, 0.3) is 5.69 Å². The maximum atomic E-state index is 12.1. The van der Waals surface area contributed by atoms with Crippen molar-refractivity contribution in [3.63, 3.8) is 0 Å². The first kappa shape index (κ1) is 19.7. The monoisotopic (exact) mass is 365 g/mol. The lowest BCUT2D eigenvalue weighted by Gasteiger charge is -2.13. The van der Waals surface area contributed by atoms with Gasteiger partial charge >= 0.3 is 6.36 Å². The fraction of sp³-hybridized carbons (Fsp3) is 0.333. The van der Waals surface area contributed by atoms with E-state index in [4.69, 9.17) is 11.0 Å². The second kappa shape index (κ2) is 8.17. The zero-order valence-electron chi connectivity index (χ0n) is 14.1. The minimum Gasteiger partial charge on any atom is -0.324 e. The number of alkyl halides is 3. The predicted molar refractivity (Wildman–Crippen MR) is 88.9 cm³/mol. The first-order chi connectivity index (χ1) is 12.3. The minimum atomic E-state index is -4.66. The smallest absolute Gasteiger partial charge is 0.324 e. The molecule has 0 unspecified atom stereocenters. The molecule has 0 aliphatic carbocycles. The summed E-state index contributed by atoms with van der Waals surface area (Å²) < 4.78 is 41.9. The summed E-state index contributed by atoms with van der Waals surface area (Å²) in [4.78, 5) is 12.0. The number of ether oxygens (including phenoxy) is 1. The van der Waals surface area contributed by atoms with Crippen molar-refractivity contribution < 1.29 is 22.7 Å². The van der Waals surface area contributed by atoms with E-state index >= 15 is 0 Å². The molecule has 0 spiro atoms. The SMILES string of the molecule is Cc1c(C(=O)CN)cc(CCCOC(F)(F)F)n1-c1ccc(C#N)cc1. The molecule has 5 nitrogen and oxygen atoms in total. The number of hydrogen-bond donors (Lipinski definition) is 1. The normalized spacial score (nSPS) is 11.4. The lowest BCUT2D eigenvalue weighted by molar-refractivity contribution is -0.324. The summed E-state index contributed by atoms with van der Waals surface area (Å²) in [5, 5.41) is 8.90. The first-order valence-electron chi connectivity index (χ1n) is 7.92. The molecule has 0 bridgehead atoms. The van der Waals surface area contributed by atoms with Crippen molar-refractivity contribution in [1.82, 2.24) is 4.57 Å². The third-order valence-corrected chi connectivity index (χ3v) is 3.91. The van der Waals surface area contributed by atoms with Gasteiger partial charge in [-0.1, -0.05) is 0 Å². The number of benzene rings is 1. The maximum absolute atomic E-state index is 12.1. The molecule has 1 aromatic carbocycles. The number of carbonyl (C=O) groups excluding carboxylic acids is 1. The Bertz CT molecular complexity index is 818. The molecule has 0 radical (unpaired) electrons. The topological polar surface area (TPSA) is 81.0 Å². The van der Waals surface area contributed by atoms with Crippen molar-refractivity contribution in [3.05, 3.63) is 52.8 Å². The largest absolute Gasteiger partial charge is 0.522 e. The van der Waals surface area contributed by atoms with Crippen LogP contribution in [0, 0.1) is 18.3 Å². The van der Waals surface area contributed by atoms with Gasteiger partial charge in [-0.3, -0.25) is 9.53 Å². The summed E-state index contributed by atoms with van der Waals surface area (Å²) in [6.45, 7) is 1.12. The number of aryl methyl sites for hydroxylation is 1. The van der Waals surface area contributed by atoms with Crippen LogP contribution >= 0.6 is 0 Å². The third-order valence-electron chi connectivity index (χ3n) is 3.91. The standard InChI is InChI=1S/C18H18F3N3O2/c1-12-16(17(25)11-23)9-15(3-2-8-26-18(19,20)21)24(12)14-6-4-13(10-22)5-7-14/h4-7,9H,2-3,8,11,23H2,1H3. The van der Waals surface area contributed by atoms with E-state index in [0.29, 0.717) is 28.2 Å². The predicted octanol–water partition coefficient (Wildman–Crippen LogP) is 3.27. The minimum absolute atomic E-state index is 0.134. The summed E-state index contributed by atoms with van der Waals surface area (Å²) in [6, 6.07) is 10.4. The molecule has 0 atom stereocenters. The molecule has 0 fully saturated rings. The number of nitrogens with two attached hydrogens (primary N) is 1. The van der Waals surface area contributed by atoms with Gasteiger partial charge in [0.25, 0.3) is 0 Å². The molecular formula is C18H18F3N3O2. The van der Waals surface area contributed by atoms with Gasteiger partial charge < -0.3 is 10.3 Å². The first-order valence-corrected chi connectivity index (χ1v) is 7.92. The van der Waals surface area contributed by atoms with Gasteiger partial charge in [0, 0.05) is 22.6 Å². The number of rotatable bonds is 7. The highest BCUT2D eigenvalue weighted by atomic mass is 19.4. The molecular weight excluding hydrogens is 347 g/mol. The molecule has 0 saturated carbocycles. The van der Waals surface area contributed by atoms with Gasteiger partial charge in [-0.25, -0.2) is 0 Å². The summed E-state index contributed by atoms with van der Waals surface area (Å²) in [6.07, 6.45) is -4.24. The van der Waals surface area contributed by atoms with E-state index < -0.39 is 13.0 Å². The summed E-state index contributed by atoms with van der Waals surface area (Å²) in [5.41, 5.74) is 8.39. The molecule has 8 heteroatoms. The molecule has 0 amide bonds. The Morgan fingerprint density at radius 1 is 1.31 bits per heavy atom. The van der Waals surface area contributed by atoms with Gasteiger partial charge in [0.15, 0.2) is 5.78 Å². The quantitative estimate of drug-likeness (QED) is 0.603. The van der Waals surface area contributed by atoms with E-state index in [2.05, 4.69) is 4.74 Å². The zero-order chi connectivity index (χ0) is 19.3. The number of ketones is 1. The average Bonchev–Trinajstić information content (AvgIpc) is 2.93. The van der Waals surface area contributed by atoms with Crippen molar-refractivity contribution in [2.24, 2.45) is 5.73 Å². The highest BCUT2D eigenvalue weighted by Gasteiger charge is 2.28. The number of carbonyl (C=O) groups is 1. The highest BCUT2D eigenvalue weighted by Crippen LogP contribution is 2.24. The highest BCUT2D eigenvalue weighted by molar-refractivity contribution is 5.99. The van der Waals surface area contributed by atoms with Crippen LogP contribution in [0.3, 0.4) is 0 Å². The van der Waals surface area contributed by atoms with Gasteiger partial charge in [-0.15, -0.1) is 13.2 Å². The lowest BCUT2D eigenvalue weighted by atomic mass is 10.1. The fourth-order valence-electron chi connectivity index (χ4n) is 2.73. The lowest BCUT2D eigenvalue weighted by Crippen LogP contribution is -2.15.